The molecular formula is C22H22N2O6S. The summed E-state index contributed by atoms with van der Waals surface area (Å²) in [6, 6.07) is 10.1. The minimum Gasteiger partial charge on any atom is -0.496 e. The van der Waals surface area contributed by atoms with Crippen LogP contribution in [0.3, 0.4) is 0 Å². The number of imide groups is 1. The van der Waals surface area contributed by atoms with E-state index in [1.54, 1.807) is 74.4 Å². The monoisotopic (exact) mass is 442 g/mol. The van der Waals surface area contributed by atoms with Gasteiger partial charge in [0.2, 0.25) is 5.91 Å². The summed E-state index contributed by atoms with van der Waals surface area (Å²) < 4.78 is 16.3. The van der Waals surface area contributed by atoms with Crippen LogP contribution in [0.15, 0.2) is 36.4 Å². The number of hydrogen-bond donors (Lipinski definition) is 0. The van der Waals surface area contributed by atoms with Gasteiger partial charge in [-0.2, -0.15) is 0 Å². The molecule has 2 aliphatic heterocycles. The fourth-order valence-corrected chi connectivity index (χ4v) is 5.13. The van der Waals surface area contributed by atoms with Crippen LogP contribution < -0.4 is 14.2 Å². The average molecular weight is 442 g/mol. The van der Waals surface area contributed by atoms with Crippen LogP contribution in [0, 0.1) is 0 Å². The van der Waals surface area contributed by atoms with Gasteiger partial charge in [-0.25, -0.2) is 0 Å². The highest BCUT2D eigenvalue weighted by molar-refractivity contribution is 7.99. The number of hydrogen-bond acceptors (Lipinski definition) is 7. The van der Waals surface area contributed by atoms with Gasteiger partial charge in [0.25, 0.3) is 11.8 Å². The predicted octanol–water partition coefficient (Wildman–Crippen LogP) is 2.58. The number of benzene rings is 2. The van der Waals surface area contributed by atoms with Gasteiger partial charge in [-0.05, 0) is 18.2 Å². The molecule has 2 heterocycles. The van der Waals surface area contributed by atoms with E-state index in [1.807, 2.05) is 0 Å². The molecule has 0 bridgehead atoms. The quantitative estimate of drug-likeness (QED) is 0.636. The fourth-order valence-electron chi connectivity index (χ4n) is 3.84. The van der Waals surface area contributed by atoms with Crippen molar-refractivity contribution in [3.8, 4) is 17.2 Å². The minimum absolute atomic E-state index is 0.304. The number of ether oxygens (including phenoxy) is 3. The van der Waals surface area contributed by atoms with Crippen LogP contribution in [0.2, 0.25) is 0 Å². The Morgan fingerprint density at radius 1 is 0.968 bits per heavy atom. The molecule has 162 valence electrons. The van der Waals surface area contributed by atoms with Crippen molar-refractivity contribution in [3.05, 3.63) is 53.1 Å². The number of nitrogens with zero attached hydrogens (tertiary/aromatic N) is 2. The first kappa shape index (κ1) is 21.0. The van der Waals surface area contributed by atoms with Crippen molar-refractivity contribution in [1.82, 2.24) is 9.80 Å². The Balaban J connectivity index is 1.59. The summed E-state index contributed by atoms with van der Waals surface area (Å²) >= 11 is 1.58. The predicted molar refractivity (Wildman–Crippen MR) is 115 cm³/mol. The van der Waals surface area contributed by atoms with Crippen LogP contribution in [0.5, 0.6) is 17.2 Å². The van der Waals surface area contributed by atoms with Crippen LogP contribution in [0.1, 0.15) is 31.7 Å². The van der Waals surface area contributed by atoms with E-state index in [-0.39, 0.29) is 17.8 Å². The highest BCUT2D eigenvalue weighted by Crippen LogP contribution is 2.46. The summed E-state index contributed by atoms with van der Waals surface area (Å²) in [5, 5.41) is -0.336. The van der Waals surface area contributed by atoms with Crippen molar-refractivity contribution in [2.45, 2.75) is 5.37 Å². The van der Waals surface area contributed by atoms with Crippen molar-refractivity contribution in [2.75, 3.05) is 40.2 Å². The molecule has 1 atom stereocenters. The molecule has 0 saturated carbocycles. The zero-order chi connectivity index (χ0) is 22.1. The molecule has 2 aliphatic rings. The molecule has 1 saturated heterocycles. The Hall–Kier alpha value is -3.20. The number of carbonyl (C=O) groups is 3. The summed E-state index contributed by atoms with van der Waals surface area (Å²) in [6.45, 7) is 0.188. The highest BCUT2D eigenvalue weighted by Gasteiger charge is 2.40. The summed E-state index contributed by atoms with van der Waals surface area (Å²) in [6.07, 6.45) is 0. The molecule has 1 unspecified atom stereocenters. The number of amides is 3. The number of thioether (sulfide) groups is 1. The molecule has 0 radical (unpaired) electrons. The maximum Gasteiger partial charge on any atom is 0.262 e. The lowest BCUT2D eigenvalue weighted by Crippen LogP contribution is -2.42. The van der Waals surface area contributed by atoms with Gasteiger partial charge in [0.1, 0.15) is 17.7 Å². The Labute approximate surface area is 184 Å². The van der Waals surface area contributed by atoms with E-state index in [0.29, 0.717) is 34.9 Å². The van der Waals surface area contributed by atoms with Crippen molar-refractivity contribution in [1.29, 1.82) is 0 Å². The van der Waals surface area contributed by atoms with E-state index >= 15 is 0 Å². The fraction of sp³-hybridized carbons (Fsp3) is 0.318. The van der Waals surface area contributed by atoms with E-state index in [4.69, 9.17) is 14.2 Å². The summed E-state index contributed by atoms with van der Waals surface area (Å²) in [5.74, 6) is 1.14. The van der Waals surface area contributed by atoms with Crippen molar-refractivity contribution in [2.24, 2.45) is 0 Å². The van der Waals surface area contributed by atoms with Gasteiger partial charge in [0, 0.05) is 23.9 Å². The summed E-state index contributed by atoms with van der Waals surface area (Å²) in [5.41, 5.74) is 1.42. The molecule has 8 nitrogen and oxygen atoms in total. The zero-order valence-electron chi connectivity index (χ0n) is 17.4. The maximum atomic E-state index is 13.2. The molecule has 0 aromatic heterocycles. The standard InChI is InChI=1S/C22H22N2O6S/c1-28-16-11-18(30-3)17(29-2)10-15(16)22-23(8-9-31-22)19(25)12-24-20(26)13-6-4-5-7-14(13)21(24)27/h4-7,10-11,22H,8-9,12H2,1-3H3. The molecule has 0 N–H and O–H groups in total. The first-order valence-electron chi connectivity index (χ1n) is 9.66. The SMILES string of the molecule is COc1cc(OC)c(C2SCCN2C(=O)CN2C(=O)c3ccccc3C2=O)cc1OC. The largest absolute Gasteiger partial charge is 0.496 e. The summed E-state index contributed by atoms with van der Waals surface area (Å²) in [4.78, 5) is 41.1. The van der Waals surface area contributed by atoms with Crippen molar-refractivity contribution in [3.63, 3.8) is 0 Å². The number of carbonyl (C=O) groups excluding carboxylic acids is 3. The third-order valence-electron chi connectivity index (χ3n) is 5.38. The molecule has 2 aromatic rings. The van der Waals surface area contributed by atoms with Gasteiger partial charge in [0.05, 0.1) is 32.5 Å². The first-order chi connectivity index (χ1) is 15.0. The van der Waals surface area contributed by atoms with Gasteiger partial charge in [-0.15, -0.1) is 11.8 Å². The minimum atomic E-state index is -0.443. The molecule has 31 heavy (non-hydrogen) atoms. The summed E-state index contributed by atoms with van der Waals surface area (Å²) in [7, 11) is 4.63. The van der Waals surface area contributed by atoms with E-state index < -0.39 is 11.8 Å². The Morgan fingerprint density at radius 2 is 1.55 bits per heavy atom. The van der Waals surface area contributed by atoms with Crippen LogP contribution in [-0.2, 0) is 4.79 Å². The van der Waals surface area contributed by atoms with Crippen molar-refractivity contribution >= 4 is 29.5 Å². The molecule has 0 spiro atoms. The Kier molecular flexibility index (Phi) is 5.77. The number of fused-ring (bicyclic) bond motifs is 1. The Bertz CT molecular complexity index is 1020. The Morgan fingerprint density at radius 3 is 2.13 bits per heavy atom. The molecule has 2 aromatic carbocycles. The maximum absolute atomic E-state index is 13.2. The molecule has 0 aliphatic carbocycles. The molecule has 1 fully saturated rings. The van der Waals surface area contributed by atoms with Gasteiger partial charge < -0.3 is 19.1 Å². The number of rotatable bonds is 6. The third kappa shape index (κ3) is 3.59. The second kappa shape index (κ2) is 8.50. The second-order valence-electron chi connectivity index (χ2n) is 7.00. The van der Waals surface area contributed by atoms with Crippen LogP contribution in [-0.4, -0.2) is 67.7 Å². The smallest absolute Gasteiger partial charge is 0.262 e. The van der Waals surface area contributed by atoms with E-state index in [2.05, 4.69) is 0 Å². The van der Waals surface area contributed by atoms with Gasteiger partial charge in [0.15, 0.2) is 11.5 Å². The van der Waals surface area contributed by atoms with Gasteiger partial charge in [-0.1, -0.05) is 12.1 Å². The van der Waals surface area contributed by atoms with E-state index in [1.165, 1.54) is 0 Å². The van der Waals surface area contributed by atoms with E-state index in [0.717, 1.165) is 16.2 Å². The lowest BCUT2D eigenvalue weighted by Gasteiger charge is -2.27. The van der Waals surface area contributed by atoms with Crippen molar-refractivity contribution < 1.29 is 28.6 Å². The number of methoxy groups -OCH3 is 3. The second-order valence-corrected chi connectivity index (χ2v) is 8.19. The molecule has 4 rings (SSSR count). The first-order valence-corrected chi connectivity index (χ1v) is 10.7. The van der Waals surface area contributed by atoms with Gasteiger partial charge in [-0.3, -0.25) is 19.3 Å². The molecule has 3 amide bonds. The van der Waals surface area contributed by atoms with Crippen LogP contribution >= 0.6 is 11.8 Å². The molecule has 9 heteroatoms. The van der Waals surface area contributed by atoms with Gasteiger partial charge >= 0.3 is 0 Å². The van der Waals surface area contributed by atoms with E-state index in [9.17, 15) is 14.4 Å². The lowest BCUT2D eigenvalue weighted by molar-refractivity contribution is -0.131. The molecular weight excluding hydrogens is 420 g/mol. The third-order valence-corrected chi connectivity index (χ3v) is 6.63. The highest BCUT2D eigenvalue weighted by atomic mass is 32.2. The zero-order valence-corrected chi connectivity index (χ0v) is 18.2. The topological polar surface area (TPSA) is 85.4 Å². The normalized spacial score (nSPS) is 17.7. The van der Waals surface area contributed by atoms with Crippen LogP contribution in [0.4, 0.5) is 0 Å². The lowest BCUT2D eigenvalue weighted by atomic mass is 10.1. The average Bonchev–Trinajstić information content (AvgIpc) is 3.38. The van der Waals surface area contributed by atoms with Crippen LogP contribution in [0.25, 0.3) is 0 Å².